The Bertz CT molecular complexity index is 165. The van der Waals surface area contributed by atoms with Gasteiger partial charge in [-0.25, -0.2) is 4.79 Å². The van der Waals surface area contributed by atoms with E-state index in [1.807, 2.05) is 0 Å². The fourth-order valence-electron chi connectivity index (χ4n) is 0.262. The van der Waals surface area contributed by atoms with Gasteiger partial charge in [-0.05, 0) is 13.3 Å². The van der Waals surface area contributed by atoms with Crippen molar-refractivity contribution in [2.45, 2.75) is 26.6 Å². The number of aliphatic hydroxyl groups excluding tert-OH is 2. The lowest BCUT2D eigenvalue weighted by Crippen LogP contribution is -2.08. The van der Waals surface area contributed by atoms with Gasteiger partial charge in [-0.1, -0.05) is 13.5 Å². The third kappa shape index (κ3) is 13.7. The molecule has 0 aromatic rings. The highest BCUT2D eigenvalue weighted by atomic mass is 16.5. The van der Waals surface area contributed by atoms with Crippen LogP contribution in [0.5, 0.6) is 0 Å². The van der Waals surface area contributed by atoms with E-state index in [0.29, 0.717) is 12.0 Å². The van der Waals surface area contributed by atoms with Crippen LogP contribution in [0.3, 0.4) is 0 Å². The average molecular weight is 206 g/mol. The van der Waals surface area contributed by atoms with Gasteiger partial charge in [0.1, 0.15) is 6.61 Å². The smallest absolute Gasteiger partial charge is 0.333 e. The topological polar surface area (TPSA) is 87.0 Å². The van der Waals surface area contributed by atoms with Gasteiger partial charge in [0, 0.05) is 5.57 Å². The van der Waals surface area contributed by atoms with E-state index in [1.165, 1.54) is 0 Å². The second-order valence-corrected chi connectivity index (χ2v) is 2.53. The predicted molar refractivity (Wildman–Crippen MR) is 51.4 cm³/mol. The van der Waals surface area contributed by atoms with E-state index in [4.69, 9.17) is 15.3 Å². The Hall–Kier alpha value is -0.910. The van der Waals surface area contributed by atoms with Crippen LogP contribution in [0.1, 0.15) is 20.3 Å². The van der Waals surface area contributed by atoms with Crippen LogP contribution in [0.4, 0.5) is 0 Å². The normalized spacial score (nSPS) is 9.00. The van der Waals surface area contributed by atoms with Crippen molar-refractivity contribution in [3.8, 4) is 0 Å². The summed E-state index contributed by atoms with van der Waals surface area (Å²) in [6, 6.07) is 0. The third-order valence-corrected chi connectivity index (χ3v) is 1.04. The molecule has 5 heteroatoms. The van der Waals surface area contributed by atoms with Crippen molar-refractivity contribution in [2.75, 3.05) is 13.2 Å². The van der Waals surface area contributed by atoms with Crippen molar-refractivity contribution in [1.82, 2.24) is 0 Å². The second kappa shape index (κ2) is 10.2. The maximum atomic E-state index is 10.5. The van der Waals surface area contributed by atoms with Crippen molar-refractivity contribution in [3.63, 3.8) is 0 Å². The molecule has 0 fully saturated rings. The molecular formula is C9H18O5. The van der Waals surface area contributed by atoms with Gasteiger partial charge in [-0.2, -0.15) is 0 Å². The van der Waals surface area contributed by atoms with Crippen molar-refractivity contribution < 1.29 is 24.9 Å². The molecule has 0 aromatic carbocycles. The number of hydrogen-bond donors (Lipinski definition) is 3. The van der Waals surface area contributed by atoms with Crippen LogP contribution in [0.15, 0.2) is 12.2 Å². The van der Waals surface area contributed by atoms with Crippen LogP contribution in [0.2, 0.25) is 0 Å². The molecule has 0 spiro atoms. The summed E-state index contributed by atoms with van der Waals surface area (Å²) < 4.78 is 4.46. The SMILES string of the molecule is C=C(C)C(=O)OCCO.CCC(O)O. The monoisotopic (exact) mass is 206 g/mol. The van der Waals surface area contributed by atoms with Gasteiger partial charge in [0.2, 0.25) is 0 Å². The molecule has 0 aromatic heterocycles. The molecule has 0 atom stereocenters. The molecule has 3 N–H and O–H groups in total. The number of carbonyl (C=O) groups is 1. The fourth-order valence-corrected chi connectivity index (χ4v) is 0.262. The zero-order valence-corrected chi connectivity index (χ0v) is 8.56. The summed E-state index contributed by atoms with van der Waals surface area (Å²) in [7, 11) is 0. The minimum absolute atomic E-state index is 0.0473. The lowest BCUT2D eigenvalue weighted by atomic mass is 10.4. The molecule has 0 amide bonds. The highest BCUT2D eigenvalue weighted by Gasteiger charge is 1.99. The summed E-state index contributed by atoms with van der Waals surface area (Å²) in [6.45, 7) is 6.51. The Labute approximate surface area is 83.6 Å². The minimum Gasteiger partial charge on any atom is -0.460 e. The molecule has 0 rings (SSSR count). The number of hydrogen-bond acceptors (Lipinski definition) is 5. The Morgan fingerprint density at radius 2 is 1.93 bits per heavy atom. The molecule has 0 aliphatic heterocycles. The van der Waals surface area contributed by atoms with E-state index in [0.717, 1.165) is 0 Å². The van der Waals surface area contributed by atoms with Gasteiger partial charge >= 0.3 is 5.97 Å². The van der Waals surface area contributed by atoms with E-state index < -0.39 is 12.3 Å². The first-order valence-corrected chi connectivity index (χ1v) is 4.25. The molecule has 0 aliphatic carbocycles. The number of carbonyl (C=O) groups excluding carboxylic acids is 1. The van der Waals surface area contributed by atoms with E-state index in [1.54, 1.807) is 13.8 Å². The van der Waals surface area contributed by atoms with Gasteiger partial charge in [0.05, 0.1) is 6.61 Å². The van der Waals surface area contributed by atoms with E-state index in [2.05, 4.69) is 11.3 Å². The van der Waals surface area contributed by atoms with E-state index in [-0.39, 0.29) is 13.2 Å². The van der Waals surface area contributed by atoms with Gasteiger partial charge in [-0.15, -0.1) is 0 Å². The number of esters is 1. The molecular weight excluding hydrogens is 188 g/mol. The van der Waals surface area contributed by atoms with Crippen molar-refractivity contribution in [1.29, 1.82) is 0 Å². The standard InChI is InChI=1S/C6H10O3.C3H8O2/c1-5(2)6(8)9-4-3-7;1-2-3(4)5/h7H,1,3-4H2,2H3;3-5H,2H2,1H3. The summed E-state index contributed by atoms with van der Waals surface area (Å²) in [6.07, 6.45) is -0.699. The first-order valence-electron chi connectivity index (χ1n) is 4.25. The second-order valence-electron chi connectivity index (χ2n) is 2.53. The Morgan fingerprint density at radius 1 is 1.50 bits per heavy atom. The Kier molecular flexibility index (Phi) is 11.3. The first-order chi connectivity index (χ1) is 6.45. The van der Waals surface area contributed by atoms with Crippen LogP contribution < -0.4 is 0 Å². The molecule has 0 heterocycles. The van der Waals surface area contributed by atoms with Crippen LogP contribution in [-0.4, -0.2) is 40.8 Å². The predicted octanol–water partition coefficient (Wildman–Crippen LogP) is -0.195. The number of ether oxygens (including phenoxy) is 1. The van der Waals surface area contributed by atoms with E-state index >= 15 is 0 Å². The van der Waals surface area contributed by atoms with Crippen molar-refractivity contribution in [2.24, 2.45) is 0 Å². The van der Waals surface area contributed by atoms with Crippen molar-refractivity contribution >= 4 is 5.97 Å². The van der Waals surface area contributed by atoms with Crippen molar-refractivity contribution in [3.05, 3.63) is 12.2 Å². The molecule has 14 heavy (non-hydrogen) atoms. The molecule has 0 bridgehead atoms. The summed E-state index contributed by atoms with van der Waals surface area (Å²) >= 11 is 0. The summed E-state index contributed by atoms with van der Waals surface area (Å²) in [4.78, 5) is 10.5. The van der Waals surface area contributed by atoms with Gasteiger partial charge in [-0.3, -0.25) is 0 Å². The molecule has 0 aliphatic rings. The molecule has 0 saturated heterocycles. The molecule has 5 nitrogen and oxygen atoms in total. The third-order valence-electron chi connectivity index (χ3n) is 1.04. The zero-order valence-electron chi connectivity index (χ0n) is 8.56. The Balaban J connectivity index is 0. The molecule has 0 unspecified atom stereocenters. The summed E-state index contributed by atoms with van der Waals surface area (Å²) in [5.41, 5.74) is 0.350. The first kappa shape index (κ1) is 15.6. The van der Waals surface area contributed by atoms with E-state index in [9.17, 15) is 4.79 Å². The Morgan fingerprint density at radius 3 is 2.14 bits per heavy atom. The lowest BCUT2D eigenvalue weighted by molar-refractivity contribution is -0.139. The fraction of sp³-hybridized carbons (Fsp3) is 0.667. The number of aliphatic hydroxyl groups is 3. The quantitative estimate of drug-likeness (QED) is 0.337. The van der Waals surface area contributed by atoms with Gasteiger partial charge < -0.3 is 20.1 Å². The van der Waals surface area contributed by atoms with Crippen LogP contribution >= 0.6 is 0 Å². The molecule has 0 radical (unpaired) electrons. The zero-order chi connectivity index (χ0) is 11.6. The highest BCUT2D eigenvalue weighted by Crippen LogP contribution is 1.89. The van der Waals surface area contributed by atoms with Crippen LogP contribution in [-0.2, 0) is 9.53 Å². The maximum Gasteiger partial charge on any atom is 0.333 e. The molecule has 0 saturated carbocycles. The highest BCUT2D eigenvalue weighted by molar-refractivity contribution is 5.86. The lowest BCUT2D eigenvalue weighted by Gasteiger charge is -1.99. The average Bonchev–Trinajstić information content (AvgIpc) is 2.14. The van der Waals surface area contributed by atoms with Crippen LogP contribution in [0, 0.1) is 0 Å². The minimum atomic E-state index is -1.12. The molecule has 84 valence electrons. The van der Waals surface area contributed by atoms with Crippen LogP contribution in [0.25, 0.3) is 0 Å². The summed E-state index contributed by atoms with van der Waals surface area (Å²) in [5.74, 6) is -0.455. The maximum absolute atomic E-state index is 10.5. The largest absolute Gasteiger partial charge is 0.460 e. The van der Waals surface area contributed by atoms with Gasteiger partial charge in [0.15, 0.2) is 6.29 Å². The van der Waals surface area contributed by atoms with Gasteiger partial charge in [0.25, 0.3) is 0 Å². The summed E-state index contributed by atoms with van der Waals surface area (Å²) in [5, 5.41) is 24.0. The number of rotatable bonds is 4.